The Balaban J connectivity index is 2.51. The van der Waals surface area contributed by atoms with Gasteiger partial charge in [-0.15, -0.1) is 0 Å². The van der Waals surface area contributed by atoms with Crippen molar-refractivity contribution in [1.29, 1.82) is 0 Å². The summed E-state index contributed by atoms with van der Waals surface area (Å²) < 4.78 is 0. The number of hydrogen-bond acceptors (Lipinski definition) is 2. The zero-order valence-electron chi connectivity index (χ0n) is 8.64. The minimum Gasteiger partial charge on any atom is -0.505 e. The van der Waals surface area contributed by atoms with Gasteiger partial charge in [-0.3, -0.25) is 0 Å². The molecule has 0 aliphatic heterocycles. The molecule has 0 aromatic heterocycles. The predicted molar refractivity (Wildman–Crippen MR) is 67.5 cm³/mol. The van der Waals surface area contributed by atoms with E-state index < -0.39 is 0 Å². The van der Waals surface area contributed by atoms with Gasteiger partial charge in [0.15, 0.2) is 0 Å². The van der Waals surface area contributed by atoms with Crippen molar-refractivity contribution in [3.05, 3.63) is 48.5 Å². The fourth-order valence-electron chi connectivity index (χ4n) is 2.01. The molecule has 0 aliphatic carbocycles. The van der Waals surface area contributed by atoms with Crippen molar-refractivity contribution in [2.24, 2.45) is 0 Å². The van der Waals surface area contributed by atoms with E-state index >= 15 is 0 Å². The van der Waals surface area contributed by atoms with Crippen LogP contribution in [0.25, 0.3) is 21.5 Å². The van der Waals surface area contributed by atoms with E-state index in [1.54, 1.807) is 6.07 Å². The van der Waals surface area contributed by atoms with Gasteiger partial charge in [0.25, 0.3) is 0 Å². The van der Waals surface area contributed by atoms with Gasteiger partial charge in [-0.1, -0.05) is 30.3 Å². The van der Waals surface area contributed by atoms with Crippen molar-refractivity contribution >= 4 is 27.2 Å². The normalized spacial score (nSPS) is 11.0. The first-order valence-electron chi connectivity index (χ1n) is 5.16. The predicted octanol–water partition coefficient (Wildman–Crippen LogP) is 3.28. The zero-order valence-corrected chi connectivity index (χ0v) is 8.64. The molecule has 0 amide bonds. The third kappa shape index (κ3) is 1.20. The summed E-state index contributed by atoms with van der Waals surface area (Å²) in [5.74, 6) is 0.170. The number of anilines is 1. The highest BCUT2D eigenvalue weighted by Gasteiger charge is 2.04. The smallest absolute Gasteiger partial charge is 0.146 e. The average Bonchev–Trinajstić information content (AvgIpc) is 2.32. The number of fused-ring (bicyclic) bond motifs is 2. The number of benzene rings is 3. The van der Waals surface area contributed by atoms with Crippen LogP contribution in [0.1, 0.15) is 0 Å². The summed E-state index contributed by atoms with van der Waals surface area (Å²) in [5.41, 5.74) is 6.10. The molecule has 78 valence electrons. The maximum atomic E-state index is 9.89. The zero-order chi connectivity index (χ0) is 11.1. The Hall–Kier alpha value is -2.22. The van der Waals surface area contributed by atoms with Gasteiger partial charge in [0.2, 0.25) is 0 Å². The van der Waals surface area contributed by atoms with E-state index in [0.717, 1.165) is 16.2 Å². The summed E-state index contributed by atoms with van der Waals surface area (Å²) in [5, 5.41) is 14.0. The molecule has 0 unspecified atom stereocenters. The highest BCUT2D eigenvalue weighted by molar-refractivity contribution is 6.02. The molecule has 2 heteroatoms. The second kappa shape index (κ2) is 3.14. The van der Waals surface area contributed by atoms with Crippen molar-refractivity contribution in [3.63, 3.8) is 0 Å². The fourth-order valence-corrected chi connectivity index (χ4v) is 2.01. The molecule has 2 nitrogen and oxygen atoms in total. The van der Waals surface area contributed by atoms with Crippen molar-refractivity contribution in [2.45, 2.75) is 0 Å². The quantitative estimate of drug-likeness (QED) is 0.339. The molecule has 0 bridgehead atoms. The summed E-state index contributed by atoms with van der Waals surface area (Å²) in [6.45, 7) is 0. The molecule has 0 radical (unpaired) electrons. The third-order valence-corrected chi connectivity index (χ3v) is 2.89. The van der Waals surface area contributed by atoms with Crippen LogP contribution in [-0.2, 0) is 0 Å². The van der Waals surface area contributed by atoms with Crippen LogP contribution in [-0.4, -0.2) is 5.11 Å². The van der Waals surface area contributed by atoms with Crippen LogP contribution in [0.3, 0.4) is 0 Å². The SMILES string of the molecule is Nc1ccc2cc3ccccc3cc2c1O. The van der Waals surface area contributed by atoms with Crippen molar-refractivity contribution < 1.29 is 5.11 Å². The number of nitrogen functional groups attached to an aromatic ring is 1. The Bertz CT molecular complexity index is 689. The van der Waals surface area contributed by atoms with E-state index in [0.29, 0.717) is 5.69 Å². The number of nitrogens with two attached hydrogens (primary N) is 1. The van der Waals surface area contributed by atoms with Gasteiger partial charge in [-0.05, 0) is 34.4 Å². The lowest BCUT2D eigenvalue weighted by molar-refractivity contribution is 0.484. The number of aromatic hydroxyl groups is 1. The van der Waals surface area contributed by atoms with Gasteiger partial charge in [0, 0.05) is 5.39 Å². The molecule has 0 aliphatic rings. The standard InChI is InChI=1S/C14H11NO/c15-13-6-5-11-7-9-3-1-2-4-10(9)8-12(11)14(13)16/h1-8,16H,15H2. The number of phenolic OH excluding ortho intramolecular Hbond substituents is 1. The minimum absolute atomic E-state index is 0.170. The van der Waals surface area contributed by atoms with Crippen LogP contribution in [0.5, 0.6) is 5.75 Å². The summed E-state index contributed by atoms with van der Waals surface area (Å²) in [6.07, 6.45) is 0. The Morgan fingerprint density at radius 2 is 1.50 bits per heavy atom. The molecule has 0 spiro atoms. The lowest BCUT2D eigenvalue weighted by Crippen LogP contribution is -1.86. The number of hydrogen-bond donors (Lipinski definition) is 2. The van der Waals surface area contributed by atoms with E-state index in [1.807, 2.05) is 30.3 Å². The first kappa shape index (κ1) is 9.04. The summed E-state index contributed by atoms with van der Waals surface area (Å²) in [7, 11) is 0. The van der Waals surface area contributed by atoms with Gasteiger partial charge in [-0.25, -0.2) is 0 Å². The minimum atomic E-state index is 0.170. The average molecular weight is 209 g/mol. The number of rotatable bonds is 0. The fraction of sp³-hybridized carbons (Fsp3) is 0. The Morgan fingerprint density at radius 3 is 2.25 bits per heavy atom. The maximum Gasteiger partial charge on any atom is 0.146 e. The van der Waals surface area contributed by atoms with E-state index in [4.69, 9.17) is 5.73 Å². The Kier molecular flexibility index (Phi) is 1.77. The van der Waals surface area contributed by atoms with Gasteiger partial charge in [0.1, 0.15) is 5.75 Å². The molecule has 16 heavy (non-hydrogen) atoms. The second-order valence-electron chi connectivity index (χ2n) is 3.92. The molecule has 3 aromatic rings. The topological polar surface area (TPSA) is 46.2 Å². The summed E-state index contributed by atoms with van der Waals surface area (Å²) in [6, 6.07) is 15.8. The molecule has 3 N–H and O–H groups in total. The molecule has 0 fully saturated rings. The molecule has 0 heterocycles. The Morgan fingerprint density at radius 1 is 0.812 bits per heavy atom. The molecule has 0 saturated carbocycles. The highest BCUT2D eigenvalue weighted by Crippen LogP contribution is 2.33. The molecule has 0 saturated heterocycles. The van der Waals surface area contributed by atoms with Crippen LogP contribution in [0.2, 0.25) is 0 Å². The lowest BCUT2D eigenvalue weighted by Gasteiger charge is -2.06. The van der Waals surface area contributed by atoms with E-state index in [2.05, 4.69) is 12.1 Å². The molecule has 0 atom stereocenters. The second-order valence-corrected chi connectivity index (χ2v) is 3.92. The van der Waals surface area contributed by atoms with Crippen LogP contribution in [0.15, 0.2) is 48.5 Å². The molecule has 3 rings (SSSR count). The van der Waals surface area contributed by atoms with Gasteiger partial charge < -0.3 is 10.8 Å². The largest absolute Gasteiger partial charge is 0.505 e. The third-order valence-electron chi connectivity index (χ3n) is 2.89. The Labute approximate surface area is 92.9 Å². The summed E-state index contributed by atoms with van der Waals surface area (Å²) >= 11 is 0. The van der Waals surface area contributed by atoms with Crippen LogP contribution in [0.4, 0.5) is 5.69 Å². The van der Waals surface area contributed by atoms with Crippen LogP contribution in [0, 0.1) is 0 Å². The molecular weight excluding hydrogens is 198 g/mol. The van der Waals surface area contributed by atoms with Crippen LogP contribution >= 0.6 is 0 Å². The van der Waals surface area contributed by atoms with E-state index in [-0.39, 0.29) is 5.75 Å². The maximum absolute atomic E-state index is 9.89. The number of phenols is 1. The summed E-state index contributed by atoms with van der Waals surface area (Å²) in [4.78, 5) is 0. The first-order chi connectivity index (χ1) is 7.75. The van der Waals surface area contributed by atoms with Crippen LogP contribution < -0.4 is 5.73 Å². The van der Waals surface area contributed by atoms with Crippen molar-refractivity contribution in [3.8, 4) is 5.75 Å². The van der Waals surface area contributed by atoms with E-state index in [1.165, 1.54) is 5.39 Å². The monoisotopic (exact) mass is 209 g/mol. The molecular formula is C14H11NO. The lowest BCUT2D eigenvalue weighted by atomic mass is 10.0. The highest BCUT2D eigenvalue weighted by atomic mass is 16.3. The van der Waals surface area contributed by atoms with Gasteiger partial charge in [-0.2, -0.15) is 0 Å². The molecule has 3 aromatic carbocycles. The van der Waals surface area contributed by atoms with Crippen molar-refractivity contribution in [2.75, 3.05) is 5.73 Å². The van der Waals surface area contributed by atoms with Gasteiger partial charge in [0.05, 0.1) is 5.69 Å². The van der Waals surface area contributed by atoms with E-state index in [9.17, 15) is 5.11 Å². The van der Waals surface area contributed by atoms with Crippen molar-refractivity contribution in [1.82, 2.24) is 0 Å². The van der Waals surface area contributed by atoms with Gasteiger partial charge >= 0.3 is 0 Å². The first-order valence-corrected chi connectivity index (χ1v) is 5.16.